The van der Waals surface area contributed by atoms with Crippen molar-refractivity contribution in [3.05, 3.63) is 35.4 Å². The van der Waals surface area contributed by atoms with Crippen LogP contribution in [0.5, 0.6) is 5.75 Å². The third-order valence-electron chi connectivity index (χ3n) is 4.90. The monoisotopic (exact) mass is 345 g/mol. The molecule has 0 heterocycles. The predicted octanol–water partition coefficient (Wildman–Crippen LogP) is 6.06. The molecule has 0 aliphatic heterocycles. The summed E-state index contributed by atoms with van der Waals surface area (Å²) in [4.78, 5) is 12.0. The highest BCUT2D eigenvalue weighted by Crippen LogP contribution is 2.44. The first-order chi connectivity index (χ1) is 11.6. The Hall–Kier alpha value is -1.77. The minimum Gasteiger partial charge on any atom is -0.507 e. The van der Waals surface area contributed by atoms with E-state index in [9.17, 15) is 9.90 Å². The summed E-state index contributed by atoms with van der Waals surface area (Å²) in [6.07, 6.45) is 7.26. The molecule has 0 saturated heterocycles. The van der Waals surface area contributed by atoms with E-state index in [1.807, 2.05) is 19.1 Å². The zero-order valence-corrected chi connectivity index (χ0v) is 17.0. The summed E-state index contributed by atoms with van der Waals surface area (Å²) in [6, 6.07) is 3.86. The second kappa shape index (κ2) is 8.55. The maximum Gasteiger partial charge on any atom is 0.248 e. The van der Waals surface area contributed by atoms with Crippen molar-refractivity contribution in [3.63, 3.8) is 0 Å². The number of phenolic OH excluding ortho intramolecular Hbond substituents is 1. The fourth-order valence-corrected chi connectivity index (χ4v) is 3.59. The summed E-state index contributed by atoms with van der Waals surface area (Å²) in [7, 11) is 0. The van der Waals surface area contributed by atoms with Gasteiger partial charge in [-0.2, -0.15) is 0 Å². The lowest BCUT2D eigenvalue weighted by Crippen LogP contribution is -2.22. The van der Waals surface area contributed by atoms with Crippen molar-refractivity contribution in [3.8, 4) is 5.75 Å². The number of carbonyl (C=O) groups is 1. The van der Waals surface area contributed by atoms with Crippen LogP contribution in [0.2, 0.25) is 0 Å². The van der Waals surface area contributed by atoms with Crippen molar-refractivity contribution in [1.29, 1.82) is 0 Å². The molecular weight excluding hydrogens is 310 g/mol. The Morgan fingerprint density at radius 3 is 1.84 bits per heavy atom. The summed E-state index contributed by atoms with van der Waals surface area (Å²) >= 11 is 0. The molecule has 0 atom stereocenters. The summed E-state index contributed by atoms with van der Waals surface area (Å²) in [5.41, 5.74) is 2.26. The van der Waals surface area contributed by atoms with E-state index in [1.54, 1.807) is 6.08 Å². The van der Waals surface area contributed by atoms with Gasteiger partial charge in [-0.1, -0.05) is 60.5 Å². The van der Waals surface area contributed by atoms with Crippen molar-refractivity contribution in [1.82, 2.24) is 0 Å². The number of rotatable bonds is 8. The molecule has 3 nitrogen and oxygen atoms in total. The number of anilines is 1. The van der Waals surface area contributed by atoms with Crippen LogP contribution in [-0.4, -0.2) is 11.0 Å². The third-order valence-corrected chi connectivity index (χ3v) is 4.90. The van der Waals surface area contributed by atoms with Crippen LogP contribution in [-0.2, 0) is 15.6 Å². The van der Waals surface area contributed by atoms with E-state index in [0.29, 0.717) is 5.75 Å². The first-order valence-electron chi connectivity index (χ1n) is 9.40. The van der Waals surface area contributed by atoms with Gasteiger partial charge in [-0.15, -0.1) is 0 Å². The zero-order valence-electron chi connectivity index (χ0n) is 17.0. The molecule has 1 amide bonds. The molecule has 3 heteroatoms. The van der Waals surface area contributed by atoms with E-state index in [4.69, 9.17) is 0 Å². The Morgan fingerprint density at radius 1 is 1.04 bits per heavy atom. The number of benzene rings is 1. The number of aromatic hydroxyl groups is 1. The molecule has 0 aliphatic rings. The fraction of sp³-hybridized carbons (Fsp3) is 0.591. The Labute approximate surface area is 153 Å². The summed E-state index contributed by atoms with van der Waals surface area (Å²) < 4.78 is 0. The maximum atomic E-state index is 12.0. The van der Waals surface area contributed by atoms with Crippen LogP contribution in [0, 0.1) is 0 Å². The van der Waals surface area contributed by atoms with E-state index >= 15 is 0 Å². The van der Waals surface area contributed by atoms with Crippen molar-refractivity contribution in [2.24, 2.45) is 0 Å². The first-order valence-corrected chi connectivity index (χ1v) is 9.40. The second-order valence-corrected chi connectivity index (χ2v) is 8.18. The highest BCUT2D eigenvalue weighted by Gasteiger charge is 2.30. The minimum atomic E-state index is -0.156. The molecule has 1 aromatic rings. The number of phenols is 1. The topological polar surface area (TPSA) is 49.3 Å². The van der Waals surface area contributed by atoms with E-state index in [-0.39, 0.29) is 16.7 Å². The molecule has 25 heavy (non-hydrogen) atoms. The molecule has 2 N–H and O–H groups in total. The number of amides is 1. The van der Waals surface area contributed by atoms with Crippen LogP contribution in [0.3, 0.4) is 0 Å². The molecule has 0 spiro atoms. The van der Waals surface area contributed by atoms with Crippen LogP contribution in [0.15, 0.2) is 24.3 Å². The number of allylic oxidation sites excluding steroid dienone is 1. The number of carbonyl (C=O) groups excluding carboxylic acids is 1. The SMILES string of the molecule is C/C=C/C(=O)Nc1cc(C(C)(C)CCC)c(O)c(C(C)(C)CCC)c1. The van der Waals surface area contributed by atoms with E-state index in [2.05, 4.69) is 46.9 Å². The number of nitrogens with one attached hydrogen (secondary N) is 1. The van der Waals surface area contributed by atoms with E-state index < -0.39 is 0 Å². The van der Waals surface area contributed by atoms with Gasteiger partial charge in [-0.05, 0) is 48.8 Å². The Balaban J connectivity index is 3.53. The van der Waals surface area contributed by atoms with Crippen LogP contribution < -0.4 is 5.32 Å². The largest absolute Gasteiger partial charge is 0.507 e. The van der Waals surface area contributed by atoms with Crippen LogP contribution in [0.1, 0.15) is 85.3 Å². The van der Waals surface area contributed by atoms with Gasteiger partial charge in [0, 0.05) is 16.8 Å². The quantitative estimate of drug-likeness (QED) is 0.444. The standard InChI is InChI=1S/C22H35NO2/c1-8-11-19(24)23-16-14-17(21(4,5)12-9-2)20(25)18(15-16)22(6,7)13-10-3/h8,11,14-15,25H,9-10,12-13H2,1-7H3,(H,23,24)/b11-8+. The van der Waals surface area contributed by atoms with Gasteiger partial charge in [-0.25, -0.2) is 0 Å². The van der Waals surface area contributed by atoms with Crippen molar-refractivity contribution >= 4 is 11.6 Å². The van der Waals surface area contributed by atoms with Gasteiger partial charge < -0.3 is 10.4 Å². The zero-order chi connectivity index (χ0) is 19.3. The van der Waals surface area contributed by atoms with Gasteiger partial charge in [-0.3, -0.25) is 4.79 Å². The lowest BCUT2D eigenvalue weighted by molar-refractivity contribution is -0.111. The summed E-state index contributed by atoms with van der Waals surface area (Å²) in [5, 5.41) is 14.0. The number of hydrogen-bond donors (Lipinski definition) is 2. The molecule has 1 rings (SSSR count). The van der Waals surface area contributed by atoms with Gasteiger partial charge in [0.25, 0.3) is 0 Å². The van der Waals surface area contributed by atoms with E-state index in [1.165, 1.54) is 6.08 Å². The molecule has 1 aromatic carbocycles. The molecule has 0 unspecified atom stereocenters. The Bertz CT molecular complexity index is 588. The summed E-state index contributed by atoms with van der Waals surface area (Å²) in [6.45, 7) is 14.7. The summed E-state index contributed by atoms with van der Waals surface area (Å²) in [5.74, 6) is 0.229. The van der Waals surface area contributed by atoms with Crippen molar-refractivity contribution in [2.45, 2.75) is 85.0 Å². The molecule has 0 aromatic heterocycles. The molecule has 0 aliphatic carbocycles. The molecular formula is C22H35NO2. The Kier molecular flexibility index (Phi) is 7.28. The molecule has 0 fully saturated rings. The van der Waals surface area contributed by atoms with Gasteiger partial charge in [0.05, 0.1) is 0 Å². The highest BCUT2D eigenvalue weighted by atomic mass is 16.3. The van der Waals surface area contributed by atoms with Crippen molar-refractivity contribution in [2.75, 3.05) is 5.32 Å². The average Bonchev–Trinajstić information content (AvgIpc) is 2.48. The van der Waals surface area contributed by atoms with Gasteiger partial charge in [0.2, 0.25) is 5.91 Å². The fourth-order valence-electron chi connectivity index (χ4n) is 3.59. The van der Waals surface area contributed by atoms with Gasteiger partial charge in [0.1, 0.15) is 5.75 Å². The van der Waals surface area contributed by atoms with Gasteiger partial charge >= 0.3 is 0 Å². The third kappa shape index (κ3) is 5.35. The van der Waals surface area contributed by atoms with E-state index in [0.717, 1.165) is 42.5 Å². The average molecular weight is 346 g/mol. The minimum absolute atomic E-state index is 0.147. The van der Waals surface area contributed by atoms with Crippen LogP contribution in [0.4, 0.5) is 5.69 Å². The first kappa shape index (κ1) is 21.3. The highest BCUT2D eigenvalue weighted by molar-refractivity contribution is 5.99. The predicted molar refractivity (Wildman–Crippen MR) is 107 cm³/mol. The molecule has 0 radical (unpaired) electrons. The van der Waals surface area contributed by atoms with Crippen LogP contribution in [0.25, 0.3) is 0 Å². The van der Waals surface area contributed by atoms with Crippen molar-refractivity contribution < 1.29 is 9.90 Å². The smallest absolute Gasteiger partial charge is 0.248 e. The Morgan fingerprint density at radius 2 is 1.48 bits per heavy atom. The second-order valence-electron chi connectivity index (χ2n) is 8.18. The maximum absolute atomic E-state index is 12.0. The molecule has 0 bridgehead atoms. The molecule has 0 saturated carbocycles. The lowest BCUT2D eigenvalue weighted by Gasteiger charge is -2.32. The normalized spacial score (nSPS) is 12.6. The van der Waals surface area contributed by atoms with Gasteiger partial charge in [0.15, 0.2) is 0 Å². The number of hydrogen-bond acceptors (Lipinski definition) is 2. The molecule has 140 valence electrons. The van der Waals surface area contributed by atoms with Crippen LogP contribution >= 0.6 is 0 Å². The lowest BCUT2D eigenvalue weighted by atomic mass is 9.74.